The normalized spacial score (nSPS) is 24.5. The van der Waals surface area contributed by atoms with Gasteiger partial charge in [-0.1, -0.05) is 11.6 Å². The van der Waals surface area contributed by atoms with E-state index in [-0.39, 0.29) is 16.8 Å². The Morgan fingerprint density at radius 3 is 2.67 bits per heavy atom. The van der Waals surface area contributed by atoms with E-state index in [1.165, 1.54) is 12.8 Å². The molecule has 0 bridgehead atoms. The van der Waals surface area contributed by atoms with E-state index < -0.39 is 11.6 Å². The molecule has 5 heteroatoms. The van der Waals surface area contributed by atoms with Crippen LogP contribution >= 0.6 is 11.6 Å². The van der Waals surface area contributed by atoms with Crippen LogP contribution in [0.5, 0.6) is 0 Å². The van der Waals surface area contributed by atoms with Crippen molar-refractivity contribution >= 4 is 17.3 Å². The quantitative estimate of drug-likeness (QED) is 0.909. The number of nitrogens with zero attached hydrogens (tertiary/aromatic N) is 1. The van der Waals surface area contributed by atoms with E-state index in [9.17, 15) is 8.78 Å². The third kappa shape index (κ3) is 2.45. The van der Waals surface area contributed by atoms with E-state index in [1.54, 1.807) is 0 Å². The SMILES string of the molecule is Fc1cc(F)c(NC2CCN(C3CC3)C2)c(Cl)c1. The summed E-state index contributed by atoms with van der Waals surface area (Å²) in [6.07, 6.45) is 3.53. The van der Waals surface area contributed by atoms with Crippen LogP contribution in [0.4, 0.5) is 14.5 Å². The average molecular weight is 273 g/mol. The molecule has 0 radical (unpaired) electrons. The van der Waals surface area contributed by atoms with Crippen LogP contribution in [0, 0.1) is 11.6 Å². The first-order valence-electron chi connectivity index (χ1n) is 6.28. The molecule has 1 saturated heterocycles. The predicted octanol–water partition coefficient (Wildman–Crippen LogP) is 3.27. The van der Waals surface area contributed by atoms with Crippen molar-refractivity contribution in [2.45, 2.75) is 31.3 Å². The second kappa shape index (κ2) is 4.67. The van der Waals surface area contributed by atoms with Gasteiger partial charge in [-0.25, -0.2) is 8.78 Å². The van der Waals surface area contributed by atoms with Gasteiger partial charge in [0.05, 0.1) is 10.7 Å². The molecule has 2 fully saturated rings. The Kier molecular flexibility index (Phi) is 3.16. The molecule has 1 atom stereocenters. The summed E-state index contributed by atoms with van der Waals surface area (Å²) in [7, 11) is 0. The fraction of sp³-hybridized carbons (Fsp3) is 0.538. The van der Waals surface area contributed by atoms with Crippen molar-refractivity contribution in [3.8, 4) is 0 Å². The number of hydrogen-bond acceptors (Lipinski definition) is 2. The number of rotatable bonds is 3. The van der Waals surface area contributed by atoms with Gasteiger partial charge in [-0.05, 0) is 25.3 Å². The van der Waals surface area contributed by atoms with E-state index in [2.05, 4.69) is 10.2 Å². The van der Waals surface area contributed by atoms with Crippen LogP contribution in [0.3, 0.4) is 0 Å². The lowest BCUT2D eigenvalue weighted by atomic mass is 10.2. The molecule has 0 amide bonds. The molecule has 1 aliphatic carbocycles. The van der Waals surface area contributed by atoms with Crippen LogP contribution in [0.2, 0.25) is 5.02 Å². The highest BCUT2D eigenvalue weighted by atomic mass is 35.5. The van der Waals surface area contributed by atoms with Crippen LogP contribution in [0.25, 0.3) is 0 Å². The third-order valence-electron chi connectivity index (χ3n) is 3.64. The summed E-state index contributed by atoms with van der Waals surface area (Å²) in [5.74, 6) is -1.26. The molecule has 18 heavy (non-hydrogen) atoms. The molecule has 1 aromatic rings. The highest BCUT2D eigenvalue weighted by Crippen LogP contribution is 2.32. The van der Waals surface area contributed by atoms with Crippen LogP contribution in [-0.4, -0.2) is 30.1 Å². The highest BCUT2D eigenvalue weighted by Gasteiger charge is 2.34. The average Bonchev–Trinajstić information content (AvgIpc) is 3.04. The molecule has 2 nitrogen and oxygen atoms in total. The number of nitrogens with one attached hydrogen (secondary N) is 1. The van der Waals surface area contributed by atoms with Gasteiger partial charge >= 0.3 is 0 Å². The molecule has 1 aliphatic heterocycles. The highest BCUT2D eigenvalue weighted by molar-refractivity contribution is 6.33. The van der Waals surface area contributed by atoms with Crippen molar-refractivity contribution in [3.05, 3.63) is 28.8 Å². The van der Waals surface area contributed by atoms with E-state index in [0.717, 1.165) is 37.7 Å². The molecule has 1 N–H and O–H groups in total. The maximum atomic E-state index is 13.6. The van der Waals surface area contributed by atoms with E-state index in [0.29, 0.717) is 0 Å². The summed E-state index contributed by atoms with van der Waals surface area (Å²) in [5.41, 5.74) is 0.223. The smallest absolute Gasteiger partial charge is 0.150 e. The Labute approximate surface area is 110 Å². The van der Waals surface area contributed by atoms with Crippen LogP contribution in [0.15, 0.2) is 12.1 Å². The van der Waals surface area contributed by atoms with E-state index in [4.69, 9.17) is 11.6 Å². The molecule has 98 valence electrons. The Hall–Kier alpha value is -0.870. The molecule has 1 aromatic carbocycles. The molecule has 1 saturated carbocycles. The van der Waals surface area contributed by atoms with Crippen molar-refractivity contribution in [3.63, 3.8) is 0 Å². The molecule has 1 unspecified atom stereocenters. The summed E-state index contributed by atoms with van der Waals surface area (Å²) in [6, 6.07) is 2.93. The zero-order valence-electron chi connectivity index (χ0n) is 9.93. The zero-order valence-corrected chi connectivity index (χ0v) is 10.7. The van der Waals surface area contributed by atoms with E-state index in [1.807, 2.05) is 0 Å². The van der Waals surface area contributed by atoms with Gasteiger partial charge in [-0.2, -0.15) is 0 Å². The third-order valence-corrected chi connectivity index (χ3v) is 3.94. The van der Waals surface area contributed by atoms with Gasteiger partial charge in [0.15, 0.2) is 5.82 Å². The number of halogens is 3. The lowest BCUT2D eigenvalue weighted by molar-refractivity contribution is 0.326. The van der Waals surface area contributed by atoms with Gasteiger partial charge in [-0.3, -0.25) is 4.90 Å². The molecule has 3 rings (SSSR count). The lowest BCUT2D eigenvalue weighted by Gasteiger charge is -2.17. The Morgan fingerprint density at radius 1 is 1.22 bits per heavy atom. The van der Waals surface area contributed by atoms with Crippen molar-refractivity contribution < 1.29 is 8.78 Å². The topological polar surface area (TPSA) is 15.3 Å². The van der Waals surface area contributed by atoms with Gasteiger partial charge in [0, 0.05) is 31.2 Å². The minimum absolute atomic E-state index is 0.109. The van der Waals surface area contributed by atoms with Gasteiger partial charge in [-0.15, -0.1) is 0 Å². The van der Waals surface area contributed by atoms with Crippen LogP contribution in [0.1, 0.15) is 19.3 Å². The molecule has 1 heterocycles. The van der Waals surface area contributed by atoms with Gasteiger partial charge < -0.3 is 5.32 Å². The predicted molar refractivity (Wildman–Crippen MR) is 68.0 cm³/mol. The fourth-order valence-corrected chi connectivity index (χ4v) is 2.81. The summed E-state index contributed by atoms with van der Waals surface area (Å²) in [4.78, 5) is 2.42. The second-order valence-corrected chi connectivity index (χ2v) is 5.51. The Balaban J connectivity index is 1.69. The maximum Gasteiger partial charge on any atom is 0.150 e. The van der Waals surface area contributed by atoms with Crippen molar-refractivity contribution in [1.29, 1.82) is 0 Å². The molecular weight excluding hydrogens is 258 g/mol. The molecule has 0 spiro atoms. The summed E-state index contributed by atoms with van der Waals surface area (Å²) >= 11 is 5.87. The first-order valence-corrected chi connectivity index (χ1v) is 6.66. The number of likely N-dealkylation sites (tertiary alicyclic amines) is 1. The molecule has 0 aromatic heterocycles. The summed E-state index contributed by atoms with van der Waals surface area (Å²) in [5, 5.41) is 3.21. The maximum absolute atomic E-state index is 13.6. The lowest BCUT2D eigenvalue weighted by Crippen LogP contribution is -2.28. The molecule has 2 aliphatic rings. The minimum Gasteiger partial charge on any atom is -0.377 e. The largest absolute Gasteiger partial charge is 0.377 e. The fourth-order valence-electron chi connectivity index (χ4n) is 2.56. The Morgan fingerprint density at radius 2 is 2.00 bits per heavy atom. The van der Waals surface area contributed by atoms with Crippen LogP contribution in [-0.2, 0) is 0 Å². The van der Waals surface area contributed by atoms with Gasteiger partial charge in [0.1, 0.15) is 5.82 Å². The monoisotopic (exact) mass is 272 g/mol. The zero-order chi connectivity index (χ0) is 12.7. The molecular formula is C13H15ClF2N2. The first-order chi connectivity index (χ1) is 8.63. The second-order valence-electron chi connectivity index (χ2n) is 5.10. The summed E-state index contributed by atoms with van der Waals surface area (Å²) < 4.78 is 26.6. The van der Waals surface area contributed by atoms with Crippen LogP contribution < -0.4 is 5.32 Å². The van der Waals surface area contributed by atoms with Crippen molar-refractivity contribution in [2.75, 3.05) is 18.4 Å². The number of benzene rings is 1. The first kappa shape index (κ1) is 12.2. The number of anilines is 1. The standard InChI is InChI=1S/C13H15ClF2N2/c14-11-5-8(15)6-12(16)13(11)17-9-3-4-18(7-9)10-1-2-10/h5-6,9-10,17H,1-4,7H2. The number of hydrogen-bond donors (Lipinski definition) is 1. The minimum atomic E-state index is -0.644. The van der Waals surface area contributed by atoms with Crippen molar-refractivity contribution in [1.82, 2.24) is 4.90 Å². The van der Waals surface area contributed by atoms with E-state index >= 15 is 0 Å². The van der Waals surface area contributed by atoms with Gasteiger partial charge in [0.25, 0.3) is 0 Å². The van der Waals surface area contributed by atoms with Gasteiger partial charge in [0.2, 0.25) is 0 Å². The Bertz CT molecular complexity index is 439. The van der Waals surface area contributed by atoms with Crippen molar-refractivity contribution in [2.24, 2.45) is 0 Å². The summed E-state index contributed by atoms with van der Waals surface area (Å²) in [6.45, 7) is 1.96.